The second kappa shape index (κ2) is 9.23. The van der Waals surface area contributed by atoms with E-state index in [1.54, 1.807) is 0 Å². The molecule has 1 fully saturated rings. The van der Waals surface area contributed by atoms with E-state index in [1.807, 2.05) is 11.9 Å². The van der Waals surface area contributed by atoms with Gasteiger partial charge in [0.2, 0.25) is 5.91 Å². The van der Waals surface area contributed by atoms with Crippen molar-refractivity contribution in [3.05, 3.63) is 0 Å². The Balaban J connectivity index is 2.74. The van der Waals surface area contributed by atoms with Crippen molar-refractivity contribution in [2.45, 2.75) is 65.1 Å². The molecule has 1 amide bonds. The molecule has 5 atom stereocenters. The van der Waals surface area contributed by atoms with Crippen LogP contribution in [0.15, 0.2) is 0 Å². The van der Waals surface area contributed by atoms with Gasteiger partial charge < -0.3 is 15.8 Å². The number of likely N-dealkylation sites (N-methyl/N-ethyl adjacent to an activating group) is 1. The molecule has 3 N–H and O–H groups in total. The van der Waals surface area contributed by atoms with Crippen LogP contribution in [0.3, 0.4) is 0 Å². The Morgan fingerprint density at radius 1 is 1.35 bits per heavy atom. The van der Waals surface area contributed by atoms with E-state index >= 15 is 0 Å². The number of rotatable bonds is 9. The van der Waals surface area contributed by atoms with Gasteiger partial charge in [-0.15, -0.1) is 0 Å². The van der Waals surface area contributed by atoms with Gasteiger partial charge in [-0.3, -0.25) is 9.69 Å². The molecule has 6 nitrogen and oxygen atoms in total. The van der Waals surface area contributed by atoms with Gasteiger partial charge in [0.1, 0.15) is 6.04 Å². The van der Waals surface area contributed by atoms with Crippen molar-refractivity contribution in [1.29, 1.82) is 0 Å². The third-order valence-electron chi connectivity index (χ3n) is 5.05. The molecule has 23 heavy (non-hydrogen) atoms. The standard InChI is InChI=1S/C17H33N3O3/c1-6-11(3)13(18)10-20(5)15(12(4)7-2)16(21)19-14-8-9-23-17(14)22/h11-15H,6-10,18H2,1-5H3,(H,19,21)/t11-,12-,13+,14-,15-/m0/s1. The van der Waals surface area contributed by atoms with Crippen LogP contribution in [0, 0.1) is 11.8 Å². The average molecular weight is 327 g/mol. The minimum atomic E-state index is -0.509. The molecule has 0 radical (unpaired) electrons. The van der Waals surface area contributed by atoms with Crippen molar-refractivity contribution in [3.8, 4) is 0 Å². The van der Waals surface area contributed by atoms with E-state index < -0.39 is 6.04 Å². The number of carbonyl (C=O) groups excluding carboxylic acids is 2. The van der Waals surface area contributed by atoms with Crippen LogP contribution in [-0.4, -0.2) is 55.1 Å². The molecule has 6 heteroatoms. The third-order valence-corrected chi connectivity index (χ3v) is 5.05. The van der Waals surface area contributed by atoms with E-state index in [4.69, 9.17) is 10.5 Å². The first-order valence-electron chi connectivity index (χ1n) is 8.74. The van der Waals surface area contributed by atoms with Crippen LogP contribution in [0.1, 0.15) is 47.0 Å². The second-order valence-corrected chi connectivity index (χ2v) is 6.84. The monoisotopic (exact) mass is 327 g/mol. The first kappa shape index (κ1) is 19.9. The van der Waals surface area contributed by atoms with E-state index in [2.05, 4.69) is 33.0 Å². The molecule has 0 bridgehead atoms. The molecule has 0 aromatic heterocycles. The number of cyclic esters (lactones) is 1. The van der Waals surface area contributed by atoms with E-state index in [1.165, 1.54) is 0 Å². The van der Waals surface area contributed by atoms with Crippen LogP contribution >= 0.6 is 0 Å². The summed E-state index contributed by atoms with van der Waals surface area (Å²) in [7, 11) is 1.94. The number of amides is 1. The van der Waals surface area contributed by atoms with Crippen LogP contribution in [0.5, 0.6) is 0 Å². The maximum Gasteiger partial charge on any atom is 0.328 e. The minimum Gasteiger partial charge on any atom is -0.464 e. The quantitative estimate of drug-likeness (QED) is 0.620. The Kier molecular flexibility index (Phi) is 7.99. The van der Waals surface area contributed by atoms with Crippen LogP contribution < -0.4 is 11.1 Å². The number of carbonyl (C=O) groups is 2. The SMILES string of the molecule is CC[C@H](C)[C@H](N)CN(C)[C@H](C(=O)N[C@H]1CCOC1=O)[C@@H](C)CC. The summed E-state index contributed by atoms with van der Waals surface area (Å²) in [6, 6.07) is -0.769. The lowest BCUT2D eigenvalue weighted by atomic mass is 9.94. The summed E-state index contributed by atoms with van der Waals surface area (Å²) in [5.74, 6) is 0.145. The Bertz CT molecular complexity index is 403. The highest BCUT2D eigenvalue weighted by Gasteiger charge is 2.34. The average Bonchev–Trinajstić information content (AvgIpc) is 2.91. The molecule has 0 aromatic rings. The lowest BCUT2D eigenvalue weighted by Gasteiger charge is -2.34. The van der Waals surface area contributed by atoms with Crippen LogP contribution in [0.4, 0.5) is 0 Å². The molecule has 0 spiro atoms. The van der Waals surface area contributed by atoms with Crippen LogP contribution in [0.25, 0.3) is 0 Å². The number of esters is 1. The van der Waals surface area contributed by atoms with Gasteiger partial charge in [-0.05, 0) is 18.9 Å². The second-order valence-electron chi connectivity index (χ2n) is 6.84. The first-order valence-corrected chi connectivity index (χ1v) is 8.74. The van der Waals surface area contributed by atoms with Gasteiger partial charge in [0.05, 0.1) is 12.6 Å². The highest BCUT2D eigenvalue weighted by Crippen LogP contribution is 2.17. The molecule has 0 aliphatic carbocycles. The smallest absolute Gasteiger partial charge is 0.328 e. The zero-order valence-corrected chi connectivity index (χ0v) is 15.2. The molecule has 1 heterocycles. The molecule has 1 aliphatic heterocycles. The lowest BCUT2D eigenvalue weighted by molar-refractivity contribution is -0.142. The first-order chi connectivity index (χ1) is 10.8. The number of nitrogens with zero attached hydrogens (tertiary/aromatic N) is 1. The fraction of sp³-hybridized carbons (Fsp3) is 0.882. The predicted octanol–water partition coefficient (Wildman–Crippen LogP) is 1.14. The normalized spacial score (nSPS) is 23.3. The summed E-state index contributed by atoms with van der Waals surface area (Å²) in [6.45, 7) is 9.42. The van der Waals surface area contributed by atoms with E-state index in [9.17, 15) is 9.59 Å². The van der Waals surface area contributed by atoms with Gasteiger partial charge in [-0.1, -0.05) is 40.5 Å². The number of hydrogen-bond acceptors (Lipinski definition) is 5. The van der Waals surface area contributed by atoms with Crippen molar-refractivity contribution >= 4 is 11.9 Å². The third kappa shape index (κ3) is 5.46. The highest BCUT2D eigenvalue weighted by atomic mass is 16.5. The summed E-state index contributed by atoms with van der Waals surface area (Å²) >= 11 is 0. The van der Waals surface area contributed by atoms with Crippen molar-refractivity contribution in [2.24, 2.45) is 17.6 Å². The number of nitrogens with two attached hydrogens (primary N) is 1. The molecule has 1 aliphatic rings. The Morgan fingerprint density at radius 3 is 2.43 bits per heavy atom. The summed E-state index contributed by atoms with van der Waals surface area (Å²) in [4.78, 5) is 26.3. The fourth-order valence-corrected chi connectivity index (χ4v) is 2.93. The van der Waals surface area contributed by atoms with Crippen LogP contribution in [-0.2, 0) is 14.3 Å². The zero-order chi connectivity index (χ0) is 17.6. The van der Waals surface area contributed by atoms with Crippen molar-refractivity contribution in [3.63, 3.8) is 0 Å². The Hall–Kier alpha value is -1.14. The summed E-state index contributed by atoms with van der Waals surface area (Å²) < 4.78 is 4.92. The van der Waals surface area contributed by atoms with Crippen LogP contribution in [0.2, 0.25) is 0 Å². The lowest BCUT2D eigenvalue weighted by Crippen LogP contribution is -2.55. The van der Waals surface area contributed by atoms with E-state index in [0.717, 1.165) is 12.8 Å². The summed E-state index contributed by atoms with van der Waals surface area (Å²) in [6.07, 6.45) is 2.45. The van der Waals surface area contributed by atoms with Crippen molar-refractivity contribution in [1.82, 2.24) is 10.2 Å². The van der Waals surface area contributed by atoms with Gasteiger partial charge in [-0.25, -0.2) is 4.79 Å². The molecule has 0 saturated carbocycles. The molecular formula is C17H33N3O3. The topological polar surface area (TPSA) is 84.7 Å². The Morgan fingerprint density at radius 2 is 1.96 bits per heavy atom. The Labute approximate surface area is 140 Å². The molecule has 1 saturated heterocycles. The van der Waals surface area contributed by atoms with Crippen molar-refractivity contribution in [2.75, 3.05) is 20.2 Å². The molecule has 134 valence electrons. The highest BCUT2D eigenvalue weighted by molar-refractivity contribution is 5.88. The molecule has 0 aromatic carbocycles. The van der Waals surface area contributed by atoms with Gasteiger partial charge in [0.25, 0.3) is 0 Å². The number of hydrogen-bond donors (Lipinski definition) is 2. The summed E-state index contributed by atoms with van der Waals surface area (Å²) in [5, 5.41) is 2.85. The summed E-state index contributed by atoms with van der Waals surface area (Å²) in [5.41, 5.74) is 6.25. The van der Waals surface area contributed by atoms with Gasteiger partial charge in [0.15, 0.2) is 0 Å². The van der Waals surface area contributed by atoms with Gasteiger partial charge in [0, 0.05) is 19.0 Å². The predicted molar refractivity (Wildman–Crippen MR) is 90.8 cm³/mol. The minimum absolute atomic E-state index is 0.0285. The maximum atomic E-state index is 12.7. The van der Waals surface area contributed by atoms with Crippen molar-refractivity contribution < 1.29 is 14.3 Å². The molecule has 1 rings (SSSR count). The van der Waals surface area contributed by atoms with E-state index in [-0.39, 0.29) is 29.9 Å². The van der Waals surface area contributed by atoms with E-state index in [0.29, 0.717) is 25.5 Å². The maximum absolute atomic E-state index is 12.7. The fourth-order valence-electron chi connectivity index (χ4n) is 2.93. The number of ether oxygens (including phenoxy) is 1. The largest absolute Gasteiger partial charge is 0.464 e. The zero-order valence-electron chi connectivity index (χ0n) is 15.2. The molecule has 0 unspecified atom stereocenters. The van der Waals surface area contributed by atoms with Gasteiger partial charge >= 0.3 is 5.97 Å². The van der Waals surface area contributed by atoms with Gasteiger partial charge in [-0.2, -0.15) is 0 Å². The number of nitrogens with one attached hydrogen (secondary N) is 1. The molecular weight excluding hydrogens is 294 g/mol.